The number of benzene rings is 2. The Morgan fingerprint density at radius 1 is 0.938 bits per heavy atom. The summed E-state index contributed by atoms with van der Waals surface area (Å²) in [5.74, 6) is 0.473. The molecule has 0 aliphatic carbocycles. The molecule has 3 heterocycles. The summed E-state index contributed by atoms with van der Waals surface area (Å²) in [5, 5.41) is 16.2. The van der Waals surface area contributed by atoms with E-state index in [4.69, 9.17) is 5.10 Å². The second kappa shape index (κ2) is 8.60. The Kier molecular flexibility index (Phi) is 5.35. The number of hydrogen-bond acceptors (Lipinski definition) is 6. The van der Waals surface area contributed by atoms with Crippen LogP contribution in [0.4, 0.5) is 5.69 Å². The molecule has 7 nitrogen and oxygen atoms in total. The number of rotatable bonds is 5. The van der Waals surface area contributed by atoms with Gasteiger partial charge in [0.05, 0.1) is 11.3 Å². The van der Waals surface area contributed by atoms with Gasteiger partial charge in [0.15, 0.2) is 11.5 Å². The molecular formula is C24H18N6OS. The van der Waals surface area contributed by atoms with Crippen molar-refractivity contribution in [1.29, 1.82) is 0 Å². The molecule has 0 atom stereocenters. The highest BCUT2D eigenvalue weighted by Crippen LogP contribution is 2.25. The van der Waals surface area contributed by atoms with E-state index in [9.17, 15) is 4.79 Å². The number of nitrogens with zero attached hydrogens (tertiary/aromatic N) is 5. The first-order valence-corrected chi connectivity index (χ1v) is 11.1. The van der Waals surface area contributed by atoms with E-state index in [-0.39, 0.29) is 5.91 Å². The molecule has 8 heteroatoms. The summed E-state index contributed by atoms with van der Waals surface area (Å²) < 4.78 is 1.70. The highest BCUT2D eigenvalue weighted by molar-refractivity contribution is 7.98. The van der Waals surface area contributed by atoms with Crippen molar-refractivity contribution in [1.82, 2.24) is 24.8 Å². The highest BCUT2D eigenvalue weighted by atomic mass is 32.2. The predicted octanol–water partition coefficient (Wildman–Crippen LogP) is 4.83. The lowest BCUT2D eigenvalue weighted by Gasteiger charge is -2.10. The first-order valence-electron chi connectivity index (χ1n) is 9.90. The van der Waals surface area contributed by atoms with Crippen molar-refractivity contribution in [2.45, 2.75) is 4.90 Å². The molecule has 0 fully saturated rings. The zero-order valence-corrected chi connectivity index (χ0v) is 18.0. The lowest BCUT2D eigenvalue weighted by atomic mass is 10.1. The van der Waals surface area contributed by atoms with Crippen molar-refractivity contribution in [3.8, 4) is 22.6 Å². The Morgan fingerprint density at radius 2 is 1.81 bits per heavy atom. The maximum absolute atomic E-state index is 12.8. The van der Waals surface area contributed by atoms with Gasteiger partial charge < -0.3 is 5.32 Å². The van der Waals surface area contributed by atoms with E-state index >= 15 is 0 Å². The maximum atomic E-state index is 12.8. The van der Waals surface area contributed by atoms with Crippen LogP contribution < -0.4 is 5.32 Å². The van der Waals surface area contributed by atoms with Crippen molar-refractivity contribution < 1.29 is 4.79 Å². The van der Waals surface area contributed by atoms with Crippen LogP contribution >= 0.6 is 11.8 Å². The monoisotopic (exact) mass is 438 g/mol. The number of aromatic nitrogens is 5. The van der Waals surface area contributed by atoms with Gasteiger partial charge in [-0.3, -0.25) is 9.78 Å². The normalized spacial score (nSPS) is 10.9. The second-order valence-electron chi connectivity index (χ2n) is 6.99. The van der Waals surface area contributed by atoms with Crippen LogP contribution in [0.5, 0.6) is 0 Å². The number of hydrogen-bond donors (Lipinski definition) is 1. The number of carbonyl (C=O) groups is 1. The van der Waals surface area contributed by atoms with Crippen molar-refractivity contribution in [3.05, 3.63) is 90.8 Å². The smallest absolute Gasteiger partial charge is 0.256 e. The number of amides is 1. The molecule has 0 unspecified atom stereocenters. The molecule has 5 rings (SSSR count). The Bertz CT molecular complexity index is 1420. The Labute approximate surface area is 188 Å². The quantitative estimate of drug-likeness (QED) is 0.396. The number of pyridine rings is 1. The summed E-state index contributed by atoms with van der Waals surface area (Å²) in [5.41, 5.74) is 4.43. The van der Waals surface area contributed by atoms with Gasteiger partial charge in [-0.25, -0.2) is 0 Å². The fourth-order valence-corrected chi connectivity index (χ4v) is 4.00. The van der Waals surface area contributed by atoms with Gasteiger partial charge in [0, 0.05) is 34.1 Å². The minimum atomic E-state index is -0.145. The fourth-order valence-electron chi connectivity index (χ4n) is 3.40. The highest BCUT2D eigenvalue weighted by Gasteiger charge is 2.13. The molecule has 3 aromatic heterocycles. The molecule has 0 aliphatic rings. The summed E-state index contributed by atoms with van der Waals surface area (Å²) in [6.45, 7) is 0. The summed E-state index contributed by atoms with van der Waals surface area (Å²) >= 11 is 1.55. The fraction of sp³-hybridized carbons (Fsp3) is 0.0417. The lowest BCUT2D eigenvalue weighted by Crippen LogP contribution is -2.12. The molecule has 0 saturated heterocycles. The first kappa shape index (κ1) is 19.9. The van der Waals surface area contributed by atoms with Crippen LogP contribution in [0, 0.1) is 0 Å². The zero-order chi connectivity index (χ0) is 21.9. The van der Waals surface area contributed by atoms with Crippen LogP contribution in [-0.4, -0.2) is 37.0 Å². The van der Waals surface area contributed by atoms with E-state index in [1.807, 2.05) is 79.1 Å². The second-order valence-corrected chi connectivity index (χ2v) is 7.84. The molecule has 0 bridgehead atoms. The molecule has 1 N–H and O–H groups in total. The van der Waals surface area contributed by atoms with E-state index in [1.165, 1.54) is 0 Å². The molecule has 156 valence electrons. The van der Waals surface area contributed by atoms with E-state index in [0.717, 1.165) is 21.7 Å². The molecule has 2 aromatic carbocycles. The Balaban J connectivity index is 1.47. The van der Waals surface area contributed by atoms with Crippen LogP contribution in [0.15, 0.2) is 90.1 Å². The molecule has 0 aliphatic heterocycles. The molecule has 5 aromatic rings. The molecule has 0 spiro atoms. The third-order valence-electron chi connectivity index (χ3n) is 4.95. The summed E-state index contributed by atoms with van der Waals surface area (Å²) in [4.78, 5) is 17.9. The standard InChI is InChI=1S/C24H18N6OS/c1-32-21-10-3-2-9-19(21)24(31)26-18-8-4-6-16(14-18)20-11-12-22-27-28-23(30(22)29-20)17-7-5-13-25-15-17/h2-15H,1H3,(H,26,31). The van der Waals surface area contributed by atoms with Gasteiger partial charge in [0.25, 0.3) is 5.91 Å². The summed E-state index contributed by atoms with van der Waals surface area (Å²) in [6.07, 6.45) is 5.40. The molecule has 0 radical (unpaired) electrons. The van der Waals surface area contributed by atoms with Crippen molar-refractivity contribution in [2.24, 2.45) is 0 Å². The predicted molar refractivity (Wildman–Crippen MR) is 126 cm³/mol. The van der Waals surface area contributed by atoms with Gasteiger partial charge in [0.1, 0.15) is 0 Å². The van der Waals surface area contributed by atoms with Crippen molar-refractivity contribution in [2.75, 3.05) is 11.6 Å². The van der Waals surface area contributed by atoms with E-state index in [0.29, 0.717) is 22.7 Å². The third-order valence-corrected chi connectivity index (χ3v) is 5.75. The van der Waals surface area contributed by atoms with Crippen LogP contribution in [0.3, 0.4) is 0 Å². The topological polar surface area (TPSA) is 85.1 Å². The summed E-state index contributed by atoms with van der Waals surface area (Å²) in [6, 6.07) is 22.7. The van der Waals surface area contributed by atoms with Gasteiger partial charge in [0.2, 0.25) is 0 Å². The van der Waals surface area contributed by atoms with Gasteiger partial charge >= 0.3 is 0 Å². The van der Waals surface area contributed by atoms with Gasteiger partial charge in [-0.2, -0.15) is 9.61 Å². The first-order chi connectivity index (χ1) is 15.7. The number of carbonyl (C=O) groups excluding carboxylic acids is 1. The number of anilines is 1. The van der Waals surface area contributed by atoms with Gasteiger partial charge in [-0.15, -0.1) is 22.0 Å². The minimum Gasteiger partial charge on any atom is -0.322 e. The largest absolute Gasteiger partial charge is 0.322 e. The van der Waals surface area contributed by atoms with E-state index in [2.05, 4.69) is 20.5 Å². The third kappa shape index (κ3) is 3.83. The van der Waals surface area contributed by atoms with Crippen LogP contribution in [-0.2, 0) is 0 Å². The van der Waals surface area contributed by atoms with Gasteiger partial charge in [-0.1, -0.05) is 24.3 Å². The van der Waals surface area contributed by atoms with Crippen molar-refractivity contribution in [3.63, 3.8) is 0 Å². The summed E-state index contributed by atoms with van der Waals surface area (Å²) in [7, 11) is 0. The Hall–Kier alpha value is -4.04. The Morgan fingerprint density at radius 3 is 2.66 bits per heavy atom. The average Bonchev–Trinajstić information content (AvgIpc) is 3.28. The number of thioether (sulfide) groups is 1. The SMILES string of the molecule is CSc1ccccc1C(=O)Nc1cccc(-c2ccc3nnc(-c4cccnc4)n3n2)c1. The average molecular weight is 439 g/mol. The molecule has 0 saturated carbocycles. The number of fused-ring (bicyclic) bond motifs is 1. The molecule has 1 amide bonds. The lowest BCUT2D eigenvalue weighted by molar-refractivity contribution is 0.102. The maximum Gasteiger partial charge on any atom is 0.256 e. The van der Waals surface area contributed by atoms with E-state index < -0.39 is 0 Å². The van der Waals surface area contributed by atoms with Crippen LogP contribution in [0.2, 0.25) is 0 Å². The van der Waals surface area contributed by atoms with Crippen LogP contribution in [0.25, 0.3) is 28.3 Å². The zero-order valence-electron chi connectivity index (χ0n) is 17.1. The van der Waals surface area contributed by atoms with Crippen molar-refractivity contribution >= 4 is 29.0 Å². The molecule has 32 heavy (non-hydrogen) atoms. The molecular weight excluding hydrogens is 420 g/mol. The minimum absolute atomic E-state index is 0.145. The van der Waals surface area contributed by atoms with Crippen LogP contribution in [0.1, 0.15) is 10.4 Å². The van der Waals surface area contributed by atoms with Gasteiger partial charge in [-0.05, 0) is 54.8 Å². The number of nitrogens with one attached hydrogen (secondary N) is 1. The van der Waals surface area contributed by atoms with E-state index in [1.54, 1.807) is 28.7 Å².